The zero-order valence-electron chi connectivity index (χ0n) is 20.0. The van der Waals surface area contributed by atoms with Crippen molar-refractivity contribution < 1.29 is 22.7 Å². The fourth-order valence-corrected chi connectivity index (χ4v) is 4.20. The lowest BCUT2D eigenvalue weighted by Gasteiger charge is -2.32. The van der Waals surface area contributed by atoms with Crippen LogP contribution in [0.5, 0.6) is 0 Å². The van der Waals surface area contributed by atoms with E-state index in [1.807, 2.05) is 39.8 Å². The van der Waals surface area contributed by atoms with Crippen LogP contribution >= 0.6 is 0 Å². The fraction of sp³-hybridized carbons (Fsp3) is 0.500. The SMILES string of the molecule is CC(C)C1N=C(N(C)S(C)(=O)=O)NC(c2ccc(F)cc2)=C1C=C[C@@H](C)C[C@@H](C)CC(=O)O. The molecule has 0 spiro atoms. The predicted octanol–water partition coefficient (Wildman–Crippen LogP) is 4.11. The zero-order chi connectivity index (χ0) is 24.9. The molecule has 1 aromatic carbocycles. The Kier molecular flexibility index (Phi) is 8.82. The summed E-state index contributed by atoms with van der Waals surface area (Å²) in [6.45, 7) is 7.95. The molecule has 182 valence electrons. The lowest BCUT2D eigenvalue weighted by molar-refractivity contribution is -0.138. The second-order valence-corrected chi connectivity index (χ2v) is 11.1. The van der Waals surface area contributed by atoms with Crippen LogP contribution < -0.4 is 5.32 Å². The van der Waals surface area contributed by atoms with Crippen LogP contribution in [-0.2, 0) is 14.8 Å². The van der Waals surface area contributed by atoms with Gasteiger partial charge in [-0.15, -0.1) is 0 Å². The first kappa shape index (κ1) is 26.6. The van der Waals surface area contributed by atoms with E-state index in [0.29, 0.717) is 17.7 Å². The van der Waals surface area contributed by atoms with Gasteiger partial charge in [-0.05, 0) is 54.0 Å². The third-order valence-corrected chi connectivity index (χ3v) is 6.74. The van der Waals surface area contributed by atoms with E-state index in [4.69, 9.17) is 10.1 Å². The molecule has 0 fully saturated rings. The van der Waals surface area contributed by atoms with E-state index in [9.17, 15) is 17.6 Å². The summed E-state index contributed by atoms with van der Waals surface area (Å²) >= 11 is 0. The van der Waals surface area contributed by atoms with E-state index in [-0.39, 0.29) is 42.0 Å². The lowest BCUT2D eigenvalue weighted by atomic mass is 9.89. The number of carboxylic acid groups (broad SMARTS) is 1. The topological polar surface area (TPSA) is 99.1 Å². The molecule has 1 aliphatic rings. The summed E-state index contributed by atoms with van der Waals surface area (Å²) in [5, 5.41) is 12.2. The number of benzene rings is 1. The number of hydrogen-bond acceptors (Lipinski definition) is 5. The van der Waals surface area contributed by atoms with Crippen molar-refractivity contribution in [1.29, 1.82) is 0 Å². The Morgan fingerprint density at radius 1 is 1.24 bits per heavy atom. The summed E-state index contributed by atoms with van der Waals surface area (Å²) in [7, 11) is -2.10. The minimum absolute atomic E-state index is 0.0334. The van der Waals surface area contributed by atoms with Gasteiger partial charge in [-0.25, -0.2) is 22.1 Å². The molecule has 3 atom stereocenters. The highest BCUT2D eigenvalue weighted by Gasteiger charge is 2.30. The molecule has 0 bridgehead atoms. The van der Waals surface area contributed by atoms with Gasteiger partial charge in [0.1, 0.15) is 5.82 Å². The van der Waals surface area contributed by atoms with Crippen LogP contribution in [0.25, 0.3) is 5.70 Å². The van der Waals surface area contributed by atoms with Crippen LogP contribution in [0, 0.1) is 23.6 Å². The Labute approximate surface area is 196 Å². The number of rotatable bonds is 9. The van der Waals surface area contributed by atoms with Gasteiger partial charge in [-0.3, -0.25) is 4.79 Å². The monoisotopic (exact) mass is 479 g/mol. The molecule has 1 aromatic rings. The van der Waals surface area contributed by atoms with E-state index in [1.165, 1.54) is 19.2 Å². The molecule has 9 heteroatoms. The Morgan fingerprint density at radius 2 is 1.85 bits per heavy atom. The highest BCUT2D eigenvalue weighted by atomic mass is 32.2. The number of nitrogens with zero attached hydrogens (tertiary/aromatic N) is 2. The maximum atomic E-state index is 13.6. The van der Waals surface area contributed by atoms with Gasteiger partial charge in [-0.2, -0.15) is 0 Å². The molecule has 0 radical (unpaired) electrons. The highest BCUT2D eigenvalue weighted by Crippen LogP contribution is 2.30. The number of guanidine groups is 1. The molecule has 1 heterocycles. The van der Waals surface area contributed by atoms with E-state index in [2.05, 4.69) is 5.32 Å². The molecule has 0 amide bonds. The molecule has 2 rings (SSSR count). The average Bonchev–Trinajstić information content (AvgIpc) is 2.70. The Bertz CT molecular complexity index is 1050. The second-order valence-electron chi connectivity index (χ2n) is 9.11. The number of carbonyl (C=O) groups is 1. The minimum Gasteiger partial charge on any atom is -0.481 e. The molecular formula is C24H34FN3O4S. The summed E-state index contributed by atoms with van der Waals surface area (Å²) in [5.41, 5.74) is 2.24. The van der Waals surface area contributed by atoms with Gasteiger partial charge in [0, 0.05) is 19.0 Å². The van der Waals surface area contributed by atoms with Gasteiger partial charge in [0.25, 0.3) is 0 Å². The number of halogens is 1. The number of aliphatic carboxylic acids is 1. The second kappa shape index (κ2) is 11.0. The molecule has 0 saturated carbocycles. The smallest absolute Gasteiger partial charge is 0.303 e. The largest absolute Gasteiger partial charge is 0.481 e. The maximum Gasteiger partial charge on any atom is 0.303 e. The van der Waals surface area contributed by atoms with Crippen LogP contribution in [-0.4, -0.2) is 49.1 Å². The Morgan fingerprint density at radius 3 is 2.36 bits per heavy atom. The summed E-state index contributed by atoms with van der Waals surface area (Å²) in [4.78, 5) is 15.7. The first-order chi connectivity index (χ1) is 15.3. The summed E-state index contributed by atoms with van der Waals surface area (Å²) < 4.78 is 39.0. The van der Waals surface area contributed by atoms with Crippen molar-refractivity contribution in [3.8, 4) is 0 Å². The maximum absolute atomic E-state index is 13.6. The molecule has 7 nitrogen and oxygen atoms in total. The van der Waals surface area contributed by atoms with Gasteiger partial charge in [-0.1, -0.05) is 39.8 Å². The number of sulfonamides is 1. The Hall–Kier alpha value is -2.68. The highest BCUT2D eigenvalue weighted by molar-refractivity contribution is 7.88. The summed E-state index contributed by atoms with van der Waals surface area (Å²) in [6, 6.07) is 5.68. The van der Waals surface area contributed by atoms with Gasteiger partial charge in [0.2, 0.25) is 16.0 Å². The van der Waals surface area contributed by atoms with Gasteiger partial charge >= 0.3 is 5.97 Å². The van der Waals surface area contributed by atoms with Crippen molar-refractivity contribution in [2.75, 3.05) is 13.3 Å². The number of aliphatic imine (C=N–C) groups is 1. The first-order valence-electron chi connectivity index (χ1n) is 11.0. The fourth-order valence-electron chi connectivity index (χ4n) is 3.79. The number of nitrogens with one attached hydrogen (secondary N) is 1. The molecule has 1 aliphatic heterocycles. The third-order valence-electron chi connectivity index (χ3n) is 5.57. The average molecular weight is 480 g/mol. The standard InChI is InChI=1S/C24H34FN3O4S/c1-15(2)22-20(12-7-16(3)13-17(4)14-21(29)30)23(18-8-10-19(25)11-9-18)27-24(26-22)28(5)33(6,31)32/h7-12,15-17,22H,13-14H2,1-6H3,(H,26,27)(H,29,30)/t16-,17-,22?/m1/s1. The number of allylic oxidation sites excluding steroid dienone is 1. The minimum atomic E-state index is -3.54. The van der Waals surface area contributed by atoms with Crippen molar-refractivity contribution in [2.24, 2.45) is 22.7 Å². The normalized spacial score (nSPS) is 18.8. The van der Waals surface area contributed by atoms with E-state index < -0.39 is 16.0 Å². The van der Waals surface area contributed by atoms with Crippen LogP contribution in [0.2, 0.25) is 0 Å². The third kappa shape index (κ3) is 7.42. The van der Waals surface area contributed by atoms with Gasteiger partial charge in [0.15, 0.2) is 0 Å². The van der Waals surface area contributed by atoms with Crippen molar-refractivity contribution in [1.82, 2.24) is 9.62 Å². The van der Waals surface area contributed by atoms with Crippen LogP contribution in [0.1, 0.15) is 46.1 Å². The Balaban J connectivity index is 2.49. The lowest BCUT2D eigenvalue weighted by Crippen LogP contribution is -2.45. The van der Waals surface area contributed by atoms with Crippen molar-refractivity contribution >= 4 is 27.6 Å². The molecule has 2 N–H and O–H groups in total. The predicted molar refractivity (Wildman–Crippen MR) is 129 cm³/mol. The molecule has 1 unspecified atom stereocenters. The van der Waals surface area contributed by atoms with E-state index in [1.54, 1.807) is 12.1 Å². The van der Waals surface area contributed by atoms with Gasteiger partial charge in [0.05, 0.1) is 18.0 Å². The summed E-state index contributed by atoms with van der Waals surface area (Å²) in [6.07, 6.45) is 5.93. The number of hydrogen-bond donors (Lipinski definition) is 2. The van der Waals surface area contributed by atoms with Crippen molar-refractivity contribution in [3.63, 3.8) is 0 Å². The molecule has 0 saturated heterocycles. The molecule has 33 heavy (non-hydrogen) atoms. The zero-order valence-corrected chi connectivity index (χ0v) is 20.9. The van der Waals surface area contributed by atoms with Crippen molar-refractivity contribution in [3.05, 3.63) is 53.4 Å². The molecule has 0 aromatic heterocycles. The first-order valence-corrected chi connectivity index (χ1v) is 12.8. The summed E-state index contributed by atoms with van der Waals surface area (Å²) in [5.74, 6) is -0.754. The molecule has 0 aliphatic carbocycles. The van der Waals surface area contributed by atoms with Crippen molar-refractivity contribution in [2.45, 2.75) is 46.6 Å². The van der Waals surface area contributed by atoms with Crippen LogP contribution in [0.3, 0.4) is 0 Å². The van der Waals surface area contributed by atoms with E-state index >= 15 is 0 Å². The van der Waals surface area contributed by atoms with Gasteiger partial charge < -0.3 is 10.4 Å². The quantitative estimate of drug-likeness (QED) is 0.555. The van der Waals surface area contributed by atoms with Crippen LogP contribution in [0.15, 0.2) is 47.0 Å². The van der Waals surface area contributed by atoms with E-state index in [0.717, 1.165) is 16.1 Å². The van der Waals surface area contributed by atoms with Crippen LogP contribution in [0.4, 0.5) is 4.39 Å². The number of carboxylic acids is 1. The molecular weight excluding hydrogens is 445 g/mol.